The van der Waals surface area contributed by atoms with Crippen LogP contribution in [-0.2, 0) is 6.54 Å². The highest BCUT2D eigenvalue weighted by Gasteiger charge is 2.27. The maximum Gasteiger partial charge on any atom is 0.134 e. The Hall–Kier alpha value is -1.32. The average molecular weight is 322 g/mol. The molecule has 5 heteroatoms. The highest BCUT2D eigenvalue weighted by Crippen LogP contribution is 2.38. The molecule has 0 amide bonds. The Morgan fingerprint density at radius 1 is 1.19 bits per heavy atom. The zero-order chi connectivity index (χ0) is 15.0. The maximum absolute atomic E-state index is 6.24. The van der Waals surface area contributed by atoms with E-state index >= 15 is 0 Å². The first-order valence-corrected chi connectivity index (χ1v) is 7.79. The molecular weight excluding hydrogens is 305 g/mol. The van der Waals surface area contributed by atoms with Crippen LogP contribution in [0.3, 0.4) is 0 Å². The van der Waals surface area contributed by atoms with Crippen LogP contribution in [0.1, 0.15) is 35.8 Å². The molecule has 0 spiro atoms. The van der Waals surface area contributed by atoms with Gasteiger partial charge in [0.25, 0.3) is 0 Å². The van der Waals surface area contributed by atoms with Gasteiger partial charge in [0.15, 0.2) is 0 Å². The van der Waals surface area contributed by atoms with Crippen molar-refractivity contribution in [1.82, 2.24) is 9.97 Å². The smallest absolute Gasteiger partial charge is 0.134 e. The highest BCUT2D eigenvalue weighted by molar-refractivity contribution is 6.35. The molecule has 110 valence electrons. The minimum absolute atomic E-state index is 0.552. The van der Waals surface area contributed by atoms with Crippen molar-refractivity contribution in [3.05, 3.63) is 51.4 Å². The Labute approximate surface area is 134 Å². The quantitative estimate of drug-likeness (QED) is 0.823. The summed E-state index contributed by atoms with van der Waals surface area (Å²) in [6, 6.07) is 7.59. The third-order valence-electron chi connectivity index (χ3n) is 3.61. The third kappa shape index (κ3) is 3.47. The fourth-order valence-corrected chi connectivity index (χ4v) is 2.75. The zero-order valence-corrected chi connectivity index (χ0v) is 13.6. The van der Waals surface area contributed by atoms with E-state index in [0.717, 1.165) is 22.9 Å². The van der Waals surface area contributed by atoms with Crippen LogP contribution >= 0.6 is 23.2 Å². The summed E-state index contributed by atoms with van der Waals surface area (Å²) in [6.45, 7) is 2.71. The summed E-state index contributed by atoms with van der Waals surface area (Å²) >= 11 is 12.2. The topological polar surface area (TPSA) is 29.0 Å². The Bertz CT molecular complexity index is 669. The number of hydrogen-bond acceptors (Lipinski definition) is 3. The van der Waals surface area contributed by atoms with E-state index in [1.165, 1.54) is 12.8 Å². The Kier molecular flexibility index (Phi) is 4.05. The zero-order valence-electron chi connectivity index (χ0n) is 12.1. The number of aryl methyl sites for hydroxylation is 1. The molecule has 3 rings (SSSR count). The van der Waals surface area contributed by atoms with Gasteiger partial charge in [0.2, 0.25) is 0 Å². The summed E-state index contributed by atoms with van der Waals surface area (Å²) in [5.41, 5.74) is 2.05. The number of halogens is 2. The molecule has 0 aliphatic heterocycles. The molecule has 1 aromatic carbocycles. The molecule has 1 heterocycles. The summed E-state index contributed by atoms with van der Waals surface area (Å²) in [6.07, 6.45) is 2.41. The summed E-state index contributed by atoms with van der Waals surface area (Å²) in [5.74, 6) is 2.46. The fourth-order valence-electron chi connectivity index (χ4n) is 2.28. The van der Waals surface area contributed by atoms with Gasteiger partial charge in [-0.25, -0.2) is 9.97 Å². The van der Waals surface area contributed by atoms with Gasteiger partial charge in [0.05, 0.1) is 0 Å². The van der Waals surface area contributed by atoms with E-state index in [1.807, 2.05) is 32.2 Å². The molecule has 3 nitrogen and oxygen atoms in total. The molecule has 0 atom stereocenters. The molecule has 21 heavy (non-hydrogen) atoms. The van der Waals surface area contributed by atoms with Crippen molar-refractivity contribution < 1.29 is 0 Å². The second-order valence-electron chi connectivity index (χ2n) is 5.59. The summed E-state index contributed by atoms with van der Waals surface area (Å²) in [5, 5.41) is 1.34. The van der Waals surface area contributed by atoms with Crippen molar-refractivity contribution in [3.8, 4) is 0 Å². The molecule has 1 aliphatic rings. The number of nitrogens with zero attached hydrogens (tertiary/aromatic N) is 3. The van der Waals surface area contributed by atoms with Crippen LogP contribution in [0.5, 0.6) is 0 Å². The van der Waals surface area contributed by atoms with E-state index < -0.39 is 0 Å². The molecule has 0 saturated heterocycles. The van der Waals surface area contributed by atoms with Crippen molar-refractivity contribution >= 4 is 29.0 Å². The summed E-state index contributed by atoms with van der Waals surface area (Å²) in [4.78, 5) is 11.3. The molecule has 0 bridgehead atoms. The third-order valence-corrected chi connectivity index (χ3v) is 4.20. The van der Waals surface area contributed by atoms with Crippen LogP contribution in [0, 0.1) is 6.92 Å². The van der Waals surface area contributed by atoms with Crippen LogP contribution in [0.15, 0.2) is 24.3 Å². The molecule has 1 fully saturated rings. The molecular formula is C16H17Cl2N3. The van der Waals surface area contributed by atoms with Gasteiger partial charge >= 0.3 is 0 Å². The summed E-state index contributed by atoms with van der Waals surface area (Å²) < 4.78 is 0. The minimum atomic E-state index is 0.552. The van der Waals surface area contributed by atoms with Crippen molar-refractivity contribution in [3.63, 3.8) is 0 Å². The second kappa shape index (κ2) is 5.82. The van der Waals surface area contributed by atoms with E-state index in [9.17, 15) is 0 Å². The van der Waals surface area contributed by atoms with Gasteiger partial charge in [-0.1, -0.05) is 29.3 Å². The molecule has 0 radical (unpaired) electrons. The van der Waals surface area contributed by atoms with E-state index in [4.69, 9.17) is 23.2 Å². The van der Waals surface area contributed by atoms with Crippen molar-refractivity contribution in [2.45, 2.75) is 32.2 Å². The van der Waals surface area contributed by atoms with Crippen LogP contribution in [0.4, 0.5) is 5.82 Å². The maximum atomic E-state index is 6.24. The van der Waals surface area contributed by atoms with Gasteiger partial charge in [-0.05, 0) is 37.5 Å². The molecule has 1 saturated carbocycles. The highest BCUT2D eigenvalue weighted by atomic mass is 35.5. The van der Waals surface area contributed by atoms with Gasteiger partial charge in [-0.15, -0.1) is 0 Å². The van der Waals surface area contributed by atoms with Crippen molar-refractivity contribution in [2.24, 2.45) is 0 Å². The van der Waals surface area contributed by atoms with E-state index in [2.05, 4.69) is 14.9 Å². The van der Waals surface area contributed by atoms with Gasteiger partial charge in [0.1, 0.15) is 11.6 Å². The first-order chi connectivity index (χ1) is 10.0. The fraction of sp³-hybridized carbons (Fsp3) is 0.375. The molecule has 1 aromatic heterocycles. The molecule has 1 aliphatic carbocycles. The second-order valence-corrected chi connectivity index (χ2v) is 6.44. The van der Waals surface area contributed by atoms with Gasteiger partial charge in [-0.3, -0.25) is 0 Å². The lowest BCUT2D eigenvalue weighted by Gasteiger charge is -2.20. The monoisotopic (exact) mass is 321 g/mol. The predicted molar refractivity (Wildman–Crippen MR) is 87.3 cm³/mol. The van der Waals surface area contributed by atoms with Crippen LogP contribution in [0.2, 0.25) is 10.0 Å². The Morgan fingerprint density at radius 3 is 2.62 bits per heavy atom. The SMILES string of the molecule is Cc1cc(N(C)Cc2ccc(Cl)cc2Cl)nc(C2CC2)n1. The lowest BCUT2D eigenvalue weighted by Crippen LogP contribution is -2.19. The molecule has 0 unspecified atom stereocenters. The normalized spacial score (nSPS) is 14.3. The van der Waals surface area contributed by atoms with Crippen molar-refractivity contribution in [1.29, 1.82) is 0 Å². The number of benzene rings is 1. The van der Waals surface area contributed by atoms with Gasteiger partial charge < -0.3 is 4.90 Å². The number of rotatable bonds is 4. The average Bonchev–Trinajstić information content (AvgIpc) is 3.25. The van der Waals surface area contributed by atoms with Crippen molar-refractivity contribution in [2.75, 3.05) is 11.9 Å². The molecule has 0 N–H and O–H groups in total. The molecule has 2 aromatic rings. The van der Waals surface area contributed by atoms with Gasteiger partial charge in [0, 0.05) is 41.3 Å². The van der Waals surface area contributed by atoms with Gasteiger partial charge in [-0.2, -0.15) is 0 Å². The number of aromatic nitrogens is 2. The first kappa shape index (κ1) is 14.6. The standard InChI is InChI=1S/C16H17Cl2N3/c1-10-7-15(20-16(19-10)11-3-4-11)21(2)9-12-5-6-13(17)8-14(12)18/h5-8,11H,3-4,9H2,1-2H3. The lowest BCUT2D eigenvalue weighted by atomic mass is 10.2. The van der Waals surface area contributed by atoms with E-state index in [0.29, 0.717) is 22.5 Å². The van der Waals surface area contributed by atoms with E-state index in [-0.39, 0.29) is 0 Å². The Morgan fingerprint density at radius 2 is 1.95 bits per heavy atom. The van der Waals surface area contributed by atoms with E-state index in [1.54, 1.807) is 6.07 Å². The summed E-state index contributed by atoms with van der Waals surface area (Å²) in [7, 11) is 2.02. The van der Waals surface area contributed by atoms with Crippen LogP contribution in [0.25, 0.3) is 0 Å². The lowest BCUT2D eigenvalue weighted by molar-refractivity contribution is 0.844. The number of hydrogen-bond donors (Lipinski definition) is 0. The predicted octanol–water partition coefficient (Wildman–Crippen LogP) is 4.61. The van der Waals surface area contributed by atoms with Crippen LogP contribution < -0.4 is 4.90 Å². The largest absolute Gasteiger partial charge is 0.355 e. The van der Waals surface area contributed by atoms with Crippen LogP contribution in [-0.4, -0.2) is 17.0 Å². The number of anilines is 1. The Balaban J connectivity index is 1.82. The minimum Gasteiger partial charge on any atom is -0.355 e. The first-order valence-electron chi connectivity index (χ1n) is 7.03.